The number of pyridine rings is 1. The molecule has 0 radical (unpaired) electrons. The number of hydrogen-bond donors (Lipinski definition) is 3. The van der Waals surface area contributed by atoms with E-state index in [1.807, 2.05) is 43.3 Å². The molecular formula is C14H16ClN5O. The Morgan fingerprint density at radius 2 is 1.95 bits per heavy atom. The van der Waals surface area contributed by atoms with E-state index in [2.05, 4.69) is 15.7 Å². The number of halogens is 1. The predicted molar refractivity (Wildman–Crippen MR) is 85.8 cm³/mol. The molecule has 0 atom stereocenters. The van der Waals surface area contributed by atoms with Crippen LogP contribution >= 0.6 is 11.6 Å². The molecule has 7 heteroatoms. The molecule has 1 heterocycles. The maximum absolute atomic E-state index is 12.1. The molecule has 0 aliphatic rings. The Morgan fingerprint density at radius 1 is 1.29 bits per heavy atom. The molecule has 0 fully saturated rings. The van der Waals surface area contributed by atoms with Crippen molar-refractivity contribution in [2.45, 2.75) is 0 Å². The molecule has 1 amide bonds. The smallest absolute Gasteiger partial charge is 0.257 e. The Morgan fingerprint density at radius 3 is 2.48 bits per heavy atom. The van der Waals surface area contributed by atoms with Crippen LogP contribution in [0.2, 0.25) is 5.02 Å². The predicted octanol–water partition coefficient (Wildman–Crippen LogP) is 2.34. The number of nitrogens with zero attached hydrogens (tertiary/aromatic N) is 2. The maximum Gasteiger partial charge on any atom is 0.257 e. The molecule has 2 rings (SSSR count). The summed E-state index contributed by atoms with van der Waals surface area (Å²) in [5.74, 6) is 5.27. The fraction of sp³-hybridized carbons (Fsp3) is 0.143. The first kappa shape index (κ1) is 15.1. The molecule has 6 nitrogen and oxygen atoms in total. The first-order valence-electron chi connectivity index (χ1n) is 6.22. The molecule has 0 unspecified atom stereocenters. The molecule has 0 aliphatic heterocycles. The van der Waals surface area contributed by atoms with Crippen molar-refractivity contribution < 1.29 is 4.79 Å². The van der Waals surface area contributed by atoms with Gasteiger partial charge in [-0.25, -0.2) is 10.8 Å². The van der Waals surface area contributed by atoms with Crippen LogP contribution in [-0.2, 0) is 0 Å². The van der Waals surface area contributed by atoms with Crippen LogP contribution in [-0.4, -0.2) is 25.0 Å². The van der Waals surface area contributed by atoms with E-state index < -0.39 is 0 Å². The van der Waals surface area contributed by atoms with Gasteiger partial charge in [0.05, 0.1) is 10.6 Å². The summed E-state index contributed by atoms with van der Waals surface area (Å²) in [6.07, 6.45) is 1.41. The largest absolute Gasteiger partial charge is 0.378 e. The minimum atomic E-state index is -0.287. The molecule has 21 heavy (non-hydrogen) atoms. The van der Waals surface area contributed by atoms with Gasteiger partial charge >= 0.3 is 0 Å². The summed E-state index contributed by atoms with van der Waals surface area (Å²) in [6.45, 7) is 0. The third-order valence-corrected chi connectivity index (χ3v) is 3.17. The average molecular weight is 306 g/mol. The van der Waals surface area contributed by atoms with Gasteiger partial charge in [0.1, 0.15) is 0 Å². The van der Waals surface area contributed by atoms with Crippen molar-refractivity contribution in [3.8, 4) is 0 Å². The van der Waals surface area contributed by atoms with E-state index in [4.69, 9.17) is 17.4 Å². The van der Waals surface area contributed by atoms with Crippen LogP contribution < -0.4 is 21.5 Å². The highest BCUT2D eigenvalue weighted by Crippen LogP contribution is 2.20. The highest BCUT2D eigenvalue weighted by molar-refractivity contribution is 6.33. The van der Waals surface area contributed by atoms with E-state index >= 15 is 0 Å². The zero-order chi connectivity index (χ0) is 15.4. The van der Waals surface area contributed by atoms with E-state index in [-0.39, 0.29) is 10.9 Å². The molecule has 110 valence electrons. The molecule has 4 N–H and O–H groups in total. The Kier molecular flexibility index (Phi) is 4.62. The van der Waals surface area contributed by atoms with Gasteiger partial charge in [-0.15, -0.1) is 0 Å². The zero-order valence-corrected chi connectivity index (χ0v) is 12.5. The van der Waals surface area contributed by atoms with Crippen molar-refractivity contribution in [1.82, 2.24) is 4.98 Å². The minimum Gasteiger partial charge on any atom is -0.378 e. The van der Waals surface area contributed by atoms with Crippen LogP contribution in [0.25, 0.3) is 0 Å². The van der Waals surface area contributed by atoms with E-state index in [0.29, 0.717) is 17.1 Å². The van der Waals surface area contributed by atoms with E-state index in [1.165, 1.54) is 12.3 Å². The van der Waals surface area contributed by atoms with E-state index in [1.54, 1.807) is 0 Å². The van der Waals surface area contributed by atoms with Crippen LogP contribution in [0.3, 0.4) is 0 Å². The number of nitrogen functional groups attached to an aromatic ring is 1. The lowest BCUT2D eigenvalue weighted by Gasteiger charge is -2.13. The zero-order valence-electron chi connectivity index (χ0n) is 11.7. The summed E-state index contributed by atoms with van der Waals surface area (Å²) in [4.78, 5) is 18.1. The first-order valence-corrected chi connectivity index (χ1v) is 6.60. The molecule has 0 bridgehead atoms. The highest BCUT2D eigenvalue weighted by atomic mass is 35.5. The van der Waals surface area contributed by atoms with Gasteiger partial charge in [-0.1, -0.05) is 11.6 Å². The van der Waals surface area contributed by atoms with Crippen molar-refractivity contribution >= 4 is 34.7 Å². The van der Waals surface area contributed by atoms with Gasteiger partial charge in [0, 0.05) is 31.7 Å². The number of carbonyl (C=O) groups is 1. The number of nitrogens with one attached hydrogen (secondary N) is 2. The lowest BCUT2D eigenvalue weighted by molar-refractivity contribution is 0.102. The molecule has 1 aromatic carbocycles. The Labute approximate surface area is 127 Å². The number of benzene rings is 1. The maximum atomic E-state index is 12.1. The van der Waals surface area contributed by atoms with Crippen LogP contribution in [0, 0.1) is 0 Å². The van der Waals surface area contributed by atoms with Gasteiger partial charge in [-0.3, -0.25) is 4.79 Å². The van der Waals surface area contributed by atoms with Gasteiger partial charge < -0.3 is 15.6 Å². The first-order chi connectivity index (χ1) is 10.0. The number of aromatic nitrogens is 1. The summed E-state index contributed by atoms with van der Waals surface area (Å²) in [5, 5.41) is 3.07. The van der Waals surface area contributed by atoms with Crippen molar-refractivity contribution in [3.05, 3.63) is 47.1 Å². The summed E-state index contributed by atoms with van der Waals surface area (Å²) in [5.41, 5.74) is 4.45. The molecule has 2 aromatic rings. The van der Waals surface area contributed by atoms with Crippen molar-refractivity contribution in [3.63, 3.8) is 0 Å². The number of hydrogen-bond acceptors (Lipinski definition) is 5. The number of hydrazine groups is 1. The fourth-order valence-corrected chi connectivity index (χ4v) is 1.94. The standard InChI is InChI=1S/C14H16ClN5O/c1-20(2)11-5-3-10(4-6-11)18-14(21)9-7-12(15)13(19-16)17-8-9/h3-8H,16H2,1-2H3,(H,17,19)(H,18,21). The van der Waals surface area contributed by atoms with Gasteiger partial charge in [-0.05, 0) is 30.3 Å². The quantitative estimate of drug-likeness (QED) is 0.596. The number of carbonyl (C=O) groups excluding carboxylic acids is 1. The topological polar surface area (TPSA) is 83.3 Å². The Balaban J connectivity index is 2.12. The van der Waals surface area contributed by atoms with Crippen LogP contribution in [0.15, 0.2) is 36.5 Å². The number of rotatable bonds is 4. The molecular weight excluding hydrogens is 290 g/mol. The van der Waals surface area contributed by atoms with E-state index in [9.17, 15) is 4.79 Å². The molecule has 1 aromatic heterocycles. The van der Waals surface area contributed by atoms with Gasteiger partial charge in [-0.2, -0.15) is 0 Å². The second-order valence-corrected chi connectivity index (χ2v) is 5.00. The number of anilines is 3. The van der Waals surface area contributed by atoms with Crippen LogP contribution in [0.5, 0.6) is 0 Å². The summed E-state index contributed by atoms with van der Waals surface area (Å²) in [6, 6.07) is 9.01. The lowest BCUT2D eigenvalue weighted by Crippen LogP contribution is -2.14. The second kappa shape index (κ2) is 6.43. The summed E-state index contributed by atoms with van der Waals surface area (Å²) in [7, 11) is 3.91. The van der Waals surface area contributed by atoms with E-state index in [0.717, 1.165) is 5.69 Å². The molecule has 0 spiro atoms. The number of amides is 1. The van der Waals surface area contributed by atoms with Gasteiger partial charge in [0.15, 0.2) is 5.82 Å². The molecule has 0 aliphatic carbocycles. The second-order valence-electron chi connectivity index (χ2n) is 4.59. The summed E-state index contributed by atoms with van der Waals surface area (Å²) >= 11 is 5.94. The minimum absolute atomic E-state index is 0.285. The van der Waals surface area contributed by atoms with Gasteiger partial charge in [0.2, 0.25) is 0 Å². The van der Waals surface area contributed by atoms with Crippen molar-refractivity contribution in [2.24, 2.45) is 5.84 Å². The highest BCUT2D eigenvalue weighted by Gasteiger charge is 2.10. The number of nitrogens with two attached hydrogens (primary N) is 1. The third-order valence-electron chi connectivity index (χ3n) is 2.88. The van der Waals surface area contributed by atoms with Crippen LogP contribution in [0.4, 0.5) is 17.2 Å². The summed E-state index contributed by atoms with van der Waals surface area (Å²) < 4.78 is 0. The Bertz CT molecular complexity index is 642. The third kappa shape index (κ3) is 3.62. The average Bonchev–Trinajstić information content (AvgIpc) is 2.47. The Hall–Kier alpha value is -2.31. The molecule has 0 saturated heterocycles. The van der Waals surface area contributed by atoms with Crippen molar-refractivity contribution in [1.29, 1.82) is 0 Å². The molecule has 0 saturated carbocycles. The monoisotopic (exact) mass is 305 g/mol. The SMILES string of the molecule is CN(C)c1ccc(NC(=O)c2cnc(NN)c(Cl)c2)cc1. The van der Waals surface area contributed by atoms with Crippen LogP contribution in [0.1, 0.15) is 10.4 Å². The normalized spacial score (nSPS) is 10.1. The fourth-order valence-electron chi connectivity index (χ4n) is 1.71. The van der Waals surface area contributed by atoms with Crippen molar-refractivity contribution in [2.75, 3.05) is 29.7 Å². The lowest BCUT2D eigenvalue weighted by atomic mass is 10.2. The van der Waals surface area contributed by atoms with Gasteiger partial charge in [0.25, 0.3) is 5.91 Å².